The van der Waals surface area contributed by atoms with Crippen LogP contribution < -0.4 is 10.2 Å². The number of hydrogen-bond acceptors (Lipinski definition) is 3. The van der Waals surface area contributed by atoms with Gasteiger partial charge >= 0.3 is 0 Å². The molecular weight excluding hydrogens is 296 g/mol. The van der Waals surface area contributed by atoms with Gasteiger partial charge in [0.05, 0.1) is 9.72 Å². The van der Waals surface area contributed by atoms with Crippen molar-refractivity contribution in [2.75, 3.05) is 4.72 Å². The van der Waals surface area contributed by atoms with Gasteiger partial charge in [0.25, 0.3) is 0 Å². The van der Waals surface area contributed by atoms with Gasteiger partial charge in [-0.15, -0.1) is 0 Å². The van der Waals surface area contributed by atoms with E-state index in [1.807, 2.05) is 0 Å². The normalized spacial score (nSPS) is 16.1. The Labute approximate surface area is 102 Å². The van der Waals surface area contributed by atoms with Crippen molar-refractivity contribution < 1.29 is 8.42 Å². The van der Waals surface area contributed by atoms with Gasteiger partial charge in [-0.3, -0.25) is 9.52 Å². The average Bonchev–Trinajstić information content (AvgIpc) is 2.95. The summed E-state index contributed by atoms with van der Waals surface area (Å²) in [7, 11) is -1.66. The molecule has 0 saturated heterocycles. The van der Waals surface area contributed by atoms with Crippen molar-refractivity contribution in [1.29, 1.82) is 0 Å². The molecule has 0 radical (unpaired) electrons. The molecule has 0 aromatic carbocycles. The molecule has 1 aliphatic carbocycles. The number of aryl methyl sites for hydroxylation is 1. The number of nitrogens with zero attached hydrogens (tertiary/aromatic N) is 1. The van der Waals surface area contributed by atoms with Crippen molar-refractivity contribution in [3.63, 3.8) is 0 Å². The van der Waals surface area contributed by atoms with Gasteiger partial charge in [0.15, 0.2) is 0 Å². The molecule has 1 heterocycles. The fourth-order valence-electron chi connectivity index (χ4n) is 1.35. The molecule has 1 aromatic rings. The van der Waals surface area contributed by atoms with Crippen molar-refractivity contribution in [2.45, 2.75) is 18.1 Å². The van der Waals surface area contributed by atoms with Crippen LogP contribution in [0, 0.1) is 0 Å². The summed E-state index contributed by atoms with van der Waals surface area (Å²) >= 11 is 3.09. The first kappa shape index (κ1) is 11.7. The number of anilines is 1. The highest BCUT2D eigenvalue weighted by Crippen LogP contribution is 2.29. The molecule has 88 valence electrons. The second-order valence-electron chi connectivity index (χ2n) is 3.86. The third kappa shape index (κ3) is 2.30. The maximum absolute atomic E-state index is 11.7. The molecule has 2 rings (SSSR count). The van der Waals surface area contributed by atoms with E-state index in [0.29, 0.717) is 17.3 Å². The zero-order valence-corrected chi connectivity index (χ0v) is 11.0. The van der Waals surface area contributed by atoms with Crippen molar-refractivity contribution in [3.05, 3.63) is 27.1 Å². The summed E-state index contributed by atoms with van der Waals surface area (Å²) < 4.78 is 27.6. The van der Waals surface area contributed by atoms with Gasteiger partial charge in [0.2, 0.25) is 15.5 Å². The molecule has 1 aromatic heterocycles. The topological polar surface area (TPSA) is 68.2 Å². The quantitative estimate of drug-likeness (QED) is 0.907. The number of sulfonamides is 1. The lowest BCUT2D eigenvalue weighted by molar-refractivity contribution is 0.600. The van der Waals surface area contributed by atoms with Crippen LogP contribution in [0.5, 0.6) is 0 Å². The Morgan fingerprint density at radius 3 is 2.62 bits per heavy atom. The molecule has 0 atom stereocenters. The standard InChI is InChI=1S/C9H11BrN2O3S/c1-12-4-7(10)9(13)8(5-12)11-16(14,15)6-2-3-6/h4-6,11H,2-3H2,1H3. The molecule has 1 N–H and O–H groups in total. The molecule has 5 nitrogen and oxygen atoms in total. The third-order valence-electron chi connectivity index (χ3n) is 2.33. The Kier molecular flexibility index (Phi) is 2.83. The Morgan fingerprint density at radius 1 is 1.44 bits per heavy atom. The highest BCUT2D eigenvalue weighted by atomic mass is 79.9. The highest BCUT2D eigenvalue weighted by Gasteiger charge is 2.36. The Hall–Kier alpha value is -0.820. The first-order valence-corrected chi connectivity index (χ1v) is 7.11. The van der Waals surface area contributed by atoms with E-state index in [1.54, 1.807) is 17.8 Å². The lowest BCUT2D eigenvalue weighted by atomic mass is 10.4. The summed E-state index contributed by atoms with van der Waals surface area (Å²) in [6.45, 7) is 0. The summed E-state index contributed by atoms with van der Waals surface area (Å²) in [6.07, 6.45) is 4.39. The second kappa shape index (κ2) is 3.89. The monoisotopic (exact) mass is 306 g/mol. The first-order chi connectivity index (χ1) is 7.40. The first-order valence-electron chi connectivity index (χ1n) is 4.77. The van der Waals surface area contributed by atoms with Crippen LogP contribution in [-0.2, 0) is 17.1 Å². The van der Waals surface area contributed by atoms with E-state index in [0.717, 1.165) is 0 Å². The number of rotatable bonds is 3. The second-order valence-corrected chi connectivity index (χ2v) is 6.68. The van der Waals surface area contributed by atoms with Crippen LogP contribution in [0.2, 0.25) is 0 Å². The number of nitrogens with one attached hydrogen (secondary N) is 1. The minimum atomic E-state index is -3.38. The molecule has 0 spiro atoms. The Morgan fingerprint density at radius 2 is 2.06 bits per heavy atom. The molecule has 1 saturated carbocycles. The molecule has 1 fully saturated rings. The van der Waals surface area contributed by atoms with Crippen LogP contribution in [0.4, 0.5) is 5.69 Å². The molecule has 0 amide bonds. The van der Waals surface area contributed by atoms with Crippen LogP contribution in [0.1, 0.15) is 12.8 Å². The Balaban J connectivity index is 2.38. The van der Waals surface area contributed by atoms with Crippen LogP contribution in [0.15, 0.2) is 21.7 Å². The maximum Gasteiger partial charge on any atom is 0.235 e. The molecule has 0 aliphatic heterocycles. The number of halogens is 1. The number of aromatic nitrogens is 1. The van der Waals surface area contributed by atoms with E-state index in [9.17, 15) is 13.2 Å². The van der Waals surface area contributed by atoms with Gasteiger partial charge in [-0.1, -0.05) is 0 Å². The van der Waals surface area contributed by atoms with Crippen LogP contribution in [-0.4, -0.2) is 18.2 Å². The van der Waals surface area contributed by atoms with E-state index in [4.69, 9.17) is 0 Å². The van der Waals surface area contributed by atoms with E-state index in [-0.39, 0.29) is 16.4 Å². The zero-order valence-electron chi connectivity index (χ0n) is 8.60. The van der Waals surface area contributed by atoms with E-state index in [1.165, 1.54) is 6.20 Å². The van der Waals surface area contributed by atoms with Crippen molar-refractivity contribution in [2.24, 2.45) is 7.05 Å². The minimum absolute atomic E-state index is 0.0868. The average molecular weight is 307 g/mol. The zero-order chi connectivity index (χ0) is 11.9. The molecule has 0 unspecified atom stereocenters. The van der Waals surface area contributed by atoms with Crippen molar-refractivity contribution >= 4 is 31.6 Å². The minimum Gasteiger partial charge on any atom is -0.354 e. The van der Waals surface area contributed by atoms with Crippen LogP contribution >= 0.6 is 15.9 Å². The predicted octanol–water partition coefficient (Wildman–Crippen LogP) is 1.05. The molecule has 7 heteroatoms. The summed E-state index contributed by atoms with van der Waals surface area (Å²) in [5.41, 5.74) is -0.258. The van der Waals surface area contributed by atoms with Crippen molar-refractivity contribution in [3.8, 4) is 0 Å². The molecule has 1 aliphatic rings. The largest absolute Gasteiger partial charge is 0.354 e. The fourth-order valence-corrected chi connectivity index (χ4v) is 3.27. The van der Waals surface area contributed by atoms with Gasteiger partial charge in [0, 0.05) is 19.4 Å². The fraction of sp³-hybridized carbons (Fsp3) is 0.444. The smallest absolute Gasteiger partial charge is 0.235 e. The number of pyridine rings is 1. The SMILES string of the molecule is Cn1cc(Br)c(=O)c(NS(=O)(=O)C2CC2)c1. The molecular formula is C9H11BrN2O3S. The highest BCUT2D eigenvalue weighted by molar-refractivity contribution is 9.10. The third-order valence-corrected chi connectivity index (χ3v) is 4.75. The lowest BCUT2D eigenvalue weighted by Gasteiger charge is -2.08. The van der Waals surface area contributed by atoms with E-state index >= 15 is 0 Å². The van der Waals surface area contributed by atoms with Crippen molar-refractivity contribution in [1.82, 2.24) is 4.57 Å². The molecule has 0 bridgehead atoms. The van der Waals surface area contributed by atoms with E-state index in [2.05, 4.69) is 20.7 Å². The summed E-state index contributed by atoms with van der Waals surface area (Å²) in [5.74, 6) is 0. The summed E-state index contributed by atoms with van der Waals surface area (Å²) in [4.78, 5) is 11.7. The van der Waals surface area contributed by atoms with E-state index < -0.39 is 10.0 Å². The summed E-state index contributed by atoms with van der Waals surface area (Å²) in [5, 5.41) is -0.337. The Bertz CT molecular complexity index is 575. The number of hydrogen-bond donors (Lipinski definition) is 1. The summed E-state index contributed by atoms with van der Waals surface area (Å²) in [6, 6.07) is 0. The van der Waals surface area contributed by atoms with Gasteiger partial charge in [0.1, 0.15) is 5.69 Å². The molecule has 16 heavy (non-hydrogen) atoms. The predicted molar refractivity (Wildman–Crippen MR) is 64.9 cm³/mol. The van der Waals surface area contributed by atoms with Gasteiger partial charge < -0.3 is 4.57 Å². The maximum atomic E-state index is 11.7. The van der Waals surface area contributed by atoms with Gasteiger partial charge in [-0.05, 0) is 28.8 Å². The van der Waals surface area contributed by atoms with Crippen LogP contribution in [0.25, 0.3) is 0 Å². The van der Waals surface area contributed by atoms with Gasteiger partial charge in [-0.25, -0.2) is 8.42 Å². The van der Waals surface area contributed by atoms with Gasteiger partial charge in [-0.2, -0.15) is 0 Å². The van der Waals surface area contributed by atoms with Crippen LogP contribution in [0.3, 0.4) is 0 Å². The lowest BCUT2D eigenvalue weighted by Crippen LogP contribution is -2.23.